The van der Waals surface area contributed by atoms with Gasteiger partial charge in [-0.05, 0) is 33.6 Å². The van der Waals surface area contributed by atoms with Gasteiger partial charge in [0.25, 0.3) is 5.91 Å². The first kappa shape index (κ1) is 16.9. The number of benzene rings is 2. The molecule has 0 unspecified atom stereocenters. The molecule has 2 aromatic carbocycles. The van der Waals surface area contributed by atoms with Gasteiger partial charge in [-0.25, -0.2) is 5.43 Å². The van der Waals surface area contributed by atoms with Crippen molar-refractivity contribution in [2.75, 3.05) is 0 Å². The van der Waals surface area contributed by atoms with Crippen LogP contribution in [-0.4, -0.2) is 22.3 Å². The summed E-state index contributed by atoms with van der Waals surface area (Å²) in [6.45, 7) is 0. The predicted molar refractivity (Wildman–Crippen MR) is 103 cm³/mol. The van der Waals surface area contributed by atoms with E-state index in [0.717, 1.165) is 15.6 Å². The quantitative estimate of drug-likeness (QED) is 0.502. The molecule has 5 nitrogen and oxygen atoms in total. The van der Waals surface area contributed by atoms with Gasteiger partial charge in [-0.1, -0.05) is 60.7 Å². The third-order valence-electron chi connectivity index (χ3n) is 3.35. The Labute approximate surface area is 153 Å². The number of amides is 1. The highest BCUT2D eigenvalue weighted by molar-refractivity contribution is 9.12. The van der Waals surface area contributed by atoms with Crippen molar-refractivity contribution >= 4 is 34.1 Å². The highest BCUT2D eigenvalue weighted by atomic mass is 79.9. The van der Waals surface area contributed by atoms with Crippen LogP contribution in [0, 0.1) is 0 Å². The molecule has 0 aliphatic heterocycles. The summed E-state index contributed by atoms with van der Waals surface area (Å²) in [6, 6.07) is 21.1. The van der Waals surface area contributed by atoms with Gasteiger partial charge in [0.15, 0.2) is 0 Å². The fraction of sp³-hybridized carbons (Fsp3) is 0. The summed E-state index contributed by atoms with van der Waals surface area (Å²) in [5.74, 6) is -0.356. The first-order chi connectivity index (χ1) is 12.2. The number of hydrogen-bond acceptors (Lipinski definition) is 3. The molecule has 1 amide bonds. The van der Waals surface area contributed by atoms with E-state index in [1.807, 2.05) is 66.7 Å². The van der Waals surface area contributed by atoms with Gasteiger partial charge in [0.1, 0.15) is 5.69 Å². The van der Waals surface area contributed by atoms with Crippen molar-refractivity contribution in [3.05, 3.63) is 82.5 Å². The molecule has 0 saturated heterocycles. The van der Waals surface area contributed by atoms with Crippen LogP contribution in [0.3, 0.4) is 0 Å². The number of allylic oxidation sites excluding steroid dienone is 1. The van der Waals surface area contributed by atoms with Crippen LogP contribution in [0.2, 0.25) is 0 Å². The molecule has 0 saturated carbocycles. The SMILES string of the molecule is O=C(NN=C/C(Br)=C/c1ccccc1)c1cc(-c2ccccc2)n[nH]1. The van der Waals surface area contributed by atoms with Gasteiger partial charge in [0.05, 0.1) is 11.9 Å². The average Bonchev–Trinajstić information content (AvgIpc) is 3.13. The van der Waals surface area contributed by atoms with Crippen LogP contribution in [0.4, 0.5) is 0 Å². The molecular weight excluding hydrogens is 380 g/mol. The van der Waals surface area contributed by atoms with Gasteiger partial charge < -0.3 is 0 Å². The van der Waals surface area contributed by atoms with Gasteiger partial charge in [0, 0.05) is 10.0 Å². The molecule has 3 aromatic rings. The normalized spacial score (nSPS) is 11.6. The second-order valence-electron chi connectivity index (χ2n) is 5.17. The van der Waals surface area contributed by atoms with Crippen LogP contribution in [0.5, 0.6) is 0 Å². The van der Waals surface area contributed by atoms with Crippen LogP contribution >= 0.6 is 15.9 Å². The van der Waals surface area contributed by atoms with Crippen molar-refractivity contribution in [2.45, 2.75) is 0 Å². The summed E-state index contributed by atoms with van der Waals surface area (Å²) < 4.78 is 0.744. The van der Waals surface area contributed by atoms with E-state index in [-0.39, 0.29) is 5.91 Å². The maximum absolute atomic E-state index is 12.1. The number of H-pyrrole nitrogens is 1. The molecule has 0 spiro atoms. The number of nitrogens with zero attached hydrogens (tertiary/aromatic N) is 2. The standard InChI is InChI=1S/C19H15BrN4O/c20-16(11-14-7-3-1-4-8-14)13-21-24-19(25)18-12-17(22-23-18)15-9-5-2-6-10-15/h1-13H,(H,22,23)(H,24,25)/b16-11-,21-13?. The summed E-state index contributed by atoms with van der Waals surface area (Å²) in [4.78, 5) is 12.1. The zero-order valence-corrected chi connectivity index (χ0v) is 14.8. The summed E-state index contributed by atoms with van der Waals surface area (Å²) in [6.07, 6.45) is 3.43. The van der Waals surface area contributed by atoms with Crippen LogP contribution in [0.25, 0.3) is 17.3 Å². The lowest BCUT2D eigenvalue weighted by Gasteiger charge is -1.96. The summed E-state index contributed by atoms with van der Waals surface area (Å²) in [7, 11) is 0. The minimum absolute atomic E-state index is 0.346. The van der Waals surface area contributed by atoms with E-state index in [4.69, 9.17) is 0 Å². The molecule has 3 rings (SSSR count). The number of carbonyl (C=O) groups excluding carboxylic acids is 1. The maximum Gasteiger partial charge on any atom is 0.289 e. The number of halogens is 1. The van der Waals surface area contributed by atoms with E-state index < -0.39 is 0 Å². The zero-order chi connectivity index (χ0) is 17.5. The molecule has 1 heterocycles. The van der Waals surface area contributed by atoms with Gasteiger partial charge in [-0.3, -0.25) is 9.89 Å². The summed E-state index contributed by atoms with van der Waals surface area (Å²) in [5, 5.41) is 10.8. The van der Waals surface area contributed by atoms with Crippen LogP contribution < -0.4 is 5.43 Å². The number of nitrogens with one attached hydrogen (secondary N) is 2. The molecule has 0 fully saturated rings. The lowest BCUT2D eigenvalue weighted by molar-refractivity contribution is 0.0950. The Bertz CT molecular complexity index is 901. The van der Waals surface area contributed by atoms with Gasteiger partial charge >= 0.3 is 0 Å². The minimum atomic E-state index is -0.356. The largest absolute Gasteiger partial charge is 0.289 e. The van der Waals surface area contributed by atoms with Crippen molar-refractivity contribution in [1.29, 1.82) is 0 Å². The molecule has 0 aliphatic rings. The van der Waals surface area contributed by atoms with Crippen molar-refractivity contribution in [3.63, 3.8) is 0 Å². The van der Waals surface area contributed by atoms with E-state index in [1.165, 1.54) is 6.21 Å². The highest BCUT2D eigenvalue weighted by Gasteiger charge is 2.09. The number of aromatic nitrogens is 2. The topological polar surface area (TPSA) is 70.1 Å². The zero-order valence-electron chi connectivity index (χ0n) is 13.2. The predicted octanol–water partition coefficient (Wildman–Crippen LogP) is 4.23. The Hall–Kier alpha value is -2.99. The number of carbonyl (C=O) groups is 1. The number of aromatic amines is 1. The van der Waals surface area contributed by atoms with Gasteiger partial charge in [-0.2, -0.15) is 10.2 Å². The molecule has 1 aromatic heterocycles. The van der Waals surface area contributed by atoms with Crippen molar-refractivity contribution in [1.82, 2.24) is 15.6 Å². The van der Waals surface area contributed by atoms with Crippen molar-refractivity contribution in [2.24, 2.45) is 5.10 Å². The first-order valence-corrected chi connectivity index (χ1v) is 8.38. The number of rotatable bonds is 5. The van der Waals surface area contributed by atoms with Gasteiger partial charge in [0.2, 0.25) is 0 Å². The fourth-order valence-electron chi connectivity index (χ4n) is 2.15. The molecule has 0 aliphatic carbocycles. The number of hydrogen-bond donors (Lipinski definition) is 2. The third kappa shape index (κ3) is 4.74. The first-order valence-electron chi connectivity index (χ1n) is 7.59. The monoisotopic (exact) mass is 394 g/mol. The summed E-state index contributed by atoms with van der Waals surface area (Å²) in [5.41, 5.74) is 5.50. The second-order valence-corrected chi connectivity index (χ2v) is 6.09. The smallest absolute Gasteiger partial charge is 0.272 e. The average molecular weight is 395 g/mol. The van der Waals surface area contributed by atoms with Crippen LogP contribution in [0.15, 0.2) is 76.3 Å². The molecule has 0 atom stereocenters. The Balaban J connectivity index is 1.61. The maximum atomic E-state index is 12.1. The molecular formula is C19H15BrN4O. The van der Waals surface area contributed by atoms with Crippen LogP contribution in [-0.2, 0) is 0 Å². The Kier molecular flexibility index (Phi) is 5.53. The van der Waals surface area contributed by atoms with Gasteiger partial charge in [-0.15, -0.1) is 0 Å². The van der Waals surface area contributed by atoms with E-state index in [1.54, 1.807) is 6.07 Å². The molecule has 0 bridgehead atoms. The second kappa shape index (κ2) is 8.21. The van der Waals surface area contributed by atoms with Crippen LogP contribution in [0.1, 0.15) is 16.1 Å². The lowest BCUT2D eigenvalue weighted by Crippen LogP contribution is -2.17. The van der Waals surface area contributed by atoms with E-state index in [2.05, 4.69) is 36.7 Å². The molecule has 25 heavy (non-hydrogen) atoms. The Morgan fingerprint density at radius 1 is 1.08 bits per heavy atom. The molecule has 0 radical (unpaired) electrons. The Morgan fingerprint density at radius 2 is 1.76 bits per heavy atom. The van der Waals surface area contributed by atoms with E-state index in [9.17, 15) is 4.79 Å². The third-order valence-corrected chi connectivity index (χ3v) is 3.78. The molecule has 124 valence electrons. The Morgan fingerprint density at radius 3 is 2.48 bits per heavy atom. The highest BCUT2D eigenvalue weighted by Crippen LogP contribution is 2.16. The van der Waals surface area contributed by atoms with E-state index in [0.29, 0.717) is 11.4 Å². The molecule has 2 N–H and O–H groups in total. The van der Waals surface area contributed by atoms with Crippen molar-refractivity contribution in [3.8, 4) is 11.3 Å². The minimum Gasteiger partial charge on any atom is -0.272 e. The van der Waals surface area contributed by atoms with E-state index >= 15 is 0 Å². The van der Waals surface area contributed by atoms with Crippen molar-refractivity contribution < 1.29 is 4.79 Å². The lowest BCUT2D eigenvalue weighted by atomic mass is 10.1. The summed E-state index contributed by atoms with van der Waals surface area (Å²) >= 11 is 3.40. The fourth-order valence-corrected chi connectivity index (χ4v) is 2.52. The number of hydrazone groups is 1. The molecule has 6 heteroatoms.